The summed E-state index contributed by atoms with van der Waals surface area (Å²) in [6.07, 6.45) is 13.0. The summed E-state index contributed by atoms with van der Waals surface area (Å²) in [4.78, 5) is 4.40. The quantitative estimate of drug-likeness (QED) is 0.384. The zero-order chi connectivity index (χ0) is 20.4. The second-order valence-corrected chi connectivity index (χ2v) is 6.45. The number of benzene rings is 1. The van der Waals surface area contributed by atoms with Crippen molar-refractivity contribution in [1.82, 2.24) is 0 Å². The van der Waals surface area contributed by atoms with E-state index in [0.29, 0.717) is 11.4 Å². The fourth-order valence-electron chi connectivity index (χ4n) is 2.19. The molecule has 1 aromatic rings. The van der Waals surface area contributed by atoms with Gasteiger partial charge in [0.15, 0.2) is 0 Å². The molecule has 0 bridgehead atoms. The van der Waals surface area contributed by atoms with Crippen molar-refractivity contribution in [2.45, 2.75) is 34.6 Å². The van der Waals surface area contributed by atoms with Crippen molar-refractivity contribution in [3.8, 4) is 0 Å². The summed E-state index contributed by atoms with van der Waals surface area (Å²) in [6.45, 7) is 17.3. The van der Waals surface area contributed by atoms with Gasteiger partial charge in [0, 0.05) is 17.6 Å². The number of allylic oxidation sites excluding steroid dienone is 8. The van der Waals surface area contributed by atoms with Crippen molar-refractivity contribution in [3.05, 3.63) is 96.2 Å². The van der Waals surface area contributed by atoms with Crippen LogP contribution in [0.5, 0.6) is 0 Å². The lowest BCUT2D eigenvalue weighted by atomic mass is 10.0. The molecule has 0 aromatic heterocycles. The van der Waals surface area contributed by atoms with Gasteiger partial charge in [-0.3, -0.25) is 4.99 Å². The summed E-state index contributed by atoms with van der Waals surface area (Å²) in [6, 6.07) is 3.45. The Morgan fingerprint density at radius 1 is 1.07 bits per heavy atom. The zero-order valence-electron chi connectivity index (χ0n) is 16.9. The summed E-state index contributed by atoms with van der Waals surface area (Å²) in [5.74, 6) is -0.318. The van der Waals surface area contributed by atoms with Gasteiger partial charge in [0.2, 0.25) is 0 Å². The van der Waals surface area contributed by atoms with Crippen LogP contribution >= 0.6 is 0 Å². The third-order valence-electron chi connectivity index (χ3n) is 3.70. The number of anilines is 1. The Kier molecular flexibility index (Phi) is 8.94. The Hall–Kier alpha value is -2.94. The topological polar surface area (TPSA) is 24.4 Å². The van der Waals surface area contributed by atoms with E-state index in [2.05, 4.69) is 23.5 Å². The van der Waals surface area contributed by atoms with Crippen molar-refractivity contribution in [2.75, 3.05) is 5.32 Å². The molecule has 0 radical (unpaired) electrons. The number of halogens is 1. The first-order valence-electron chi connectivity index (χ1n) is 8.85. The van der Waals surface area contributed by atoms with E-state index in [-0.39, 0.29) is 5.82 Å². The lowest BCUT2D eigenvalue weighted by Crippen LogP contribution is -2.01. The molecule has 0 fully saturated rings. The minimum absolute atomic E-state index is 0.318. The van der Waals surface area contributed by atoms with E-state index < -0.39 is 0 Å². The number of aliphatic imine (C=N–C) groups is 1. The van der Waals surface area contributed by atoms with Gasteiger partial charge in [-0.1, -0.05) is 43.0 Å². The molecule has 0 saturated carbocycles. The normalized spacial score (nSPS) is 13.1. The summed E-state index contributed by atoms with van der Waals surface area (Å²) < 4.78 is 14.6. The van der Waals surface area contributed by atoms with Gasteiger partial charge in [0.05, 0.1) is 5.69 Å². The van der Waals surface area contributed by atoms with Gasteiger partial charge in [-0.05, 0) is 75.6 Å². The minimum atomic E-state index is -0.318. The lowest BCUT2D eigenvalue weighted by Gasteiger charge is -2.13. The van der Waals surface area contributed by atoms with Gasteiger partial charge in [-0.2, -0.15) is 0 Å². The van der Waals surface area contributed by atoms with E-state index in [1.54, 1.807) is 12.3 Å². The average Bonchev–Trinajstić information content (AvgIpc) is 2.60. The van der Waals surface area contributed by atoms with Crippen LogP contribution in [0.3, 0.4) is 0 Å². The van der Waals surface area contributed by atoms with E-state index in [4.69, 9.17) is 0 Å². The molecule has 3 heteroatoms. The lowest BCUT2D eigenvalue weighted by molar-refractivity contribution is 0.630. The number of aryl methyl sites for hydroxylation is 1. The fraction of sp³-hybridized carbons (Fsp3) is 0.208. The van der Waals surface area contributed by atoms with Crippen molar-refractivity contribution >= 4 is 17.0 Å². The standard InChI is InChI=1S/C24H29FN2/c1-8-9-10-11-21(7)27-24-18(4)14-22(15-23(24)25)19(5)16-26-20(6)13-12-17(2)3/h8-16,27H,2,7H2,1,3-6H3/b9-8-,11-10-,13-12-,19-16+,26-20+. The molecule has 0 heterocycles. The highest BCUT2D eigenvalue weighted by Gasteiger charge is 2.09. The van der Waals surface area contributed by atoms with Gasteiger partial charge in [0.1, 0.15) is 5.82 Å². The van der Waals surface area contributed by atoms with Crippen LogP contribution in [-0.2, 0) is 0 Å². The summed E-state index contributed by atoms with van der Waals surface area (Å²) in [5, 5.41) is 3.03. The van der Waals surface area contributed by atoms with Gasteiger partial charge >= 0.3 is 0 Å². The number of hydrogen-bond donors (Lipinski definition) is 1. The molecule has 1 aromatic carbocycles. The monoisotopic (exact) mass is 364 g/mol. The first kappa shape index (κ1) is 22.1. The first-order valence-corrected chi connectivity index (χ1v) is 8.85. The number of rotatable bonds is 8. The second kappa shape index (κ2) is 10.9. The molecule has 0 amide bonds. The molecule has 0 atom stereocenters. The third kappa shape index (κ3) is 7.87. The summed E-state index contributed by atoms with van der Waals surface area (Å²) in [7, 11) is 0. The van der Waals surface area contributed by atoms with E-state index in [1.165, 1.54) is 6.07 Å². The molecule has 0 spiro atoms. The third-order valence-corrected chi connectivity index (χ3v) is 3.70. The Balaban J connectivity index is 3.02. The molecule has 27 heavy (non-hydrogen) atoms. The Morgan fingerprint density at radius 2 is 1.78 bits per heavy atom. The van der Waals surface area contributed by atoms with Crippen LogP contribution in [0.1, 0.15) is 38.8 Å². The minimum Gasteiger partial charge on any atom is -0.353 e. The molecule has 0 unspecified atom stereocenters. The van der Waals surface area contributed by atoms with Crippen molar-refractivity contribution in [2.24, 2.45) is 4.99 Å². The smallest absolute Gasteiger partial charge is 0.147 e. The highest BCUT2D eigenvalue weighted by Crippen LogP contribution is 2.26. The van der Waals surface area contributed by atoms with Crippen molar-refractivity contribution in [1.29, 1.82) is 0 Å². The van der Waals surface area contributed by atoms with Crippen LogP contribution in [0.15, 0.2) is 84.2 Å². The maximum atomic E-state index is 14.6. The van der Waals surface area contributed by atoms with Crippen molar-refractivity contribution in [3.63, 3.8) is 0 Å². The van der Waals surface area contributed by atoms with Crippen LogP contribution in [0.4, 0.5) is 10.1 Å². The SMILES string of the molecule is C=C(C)\C=C/C(C)=N/C=C(\C)c1cc(C)c(NC(=C)/C=C\C=C/C)c(F)c1. The van der Waals surface area contributed by atoms with Crippen LogP contribution in [0.25, 0.3) is 5.57 Å². The molecule has 0 saturated heterocycles. The largest absolute Gasteiger partial charge is 0.353 e. The van der Waals surface area contributed by atoms with E-state index in [0.717, 1.165) is 28.0 Å². The molecule has 142 valence electrons. The maximum Gasteiger partial charge on any atom is 0.147 e. The van der Waals surface area contributed by atoms with Crippen molar-refractivity contribution < 1.29 is 4.39 Å². The molecular formula is C24H29FN2. The first-order chi connectivity index (χ1) is 12.7. The van der Waals surface area contributed by atoms with Crippen LogP contribution in [0.2, 0.25) is 0 Å². The number of hydrogen-bond acceptors (Lipinski definition) is 2. The fourth-order valence-corrected chi connectivity index (χ4v) is 2.19. The van der Waals surface area contributed by atoms with Crippen LogP contribution in [0, 0.1) is 12.7 Å². The Bertz CT molecular complexity index is 826. The number of nitrogens with one attached hydrogen (secondary N) is 1. The summed E-state index contributed by atoms with van der Waals surface area (Å²) in [5.41, 5.74) is 5.38. The molecule has 2 nitrogen and oxygen atoms in total. The Labute approximate surface area is 162 Å². The van der Waals surface area contributed by atoms with Gasteiger partial charge < -0.3 is 5.32 Å². The Morgan fingerprint density at radius 3 is 2.37 bits per heavy atom. The van der Waals surface area contributed by atoms with E-state index in [9.17, 15) is 4.39 Å². The molecule has 0 aliphatic rings. The highest BCUT2D eigenvalue weighted by atomic mass is 19.1. The molecular weight excluding hydrogens is 335 g/mol. The second-order valence-electron chi connectivity index (χ2n) is 6.45. The molecule has 0 aliphatic carbocycles. The molecule has 1 N–H and O–H groups in total. The van der Waals surface area contributed by atoms with E-state index >= 15 is 0 Å². The zero-order valence-corrected chi connectivity index (χ0v) is 16.9. The van der Waals surface area contributed by atoms with Gasteiger partial charge in [-0.25, -0.2) is 4.39 Å². The highest BCUT2D eigenvalue weighted by molar-refractivity contribution is 5.94. The molecule has 1 rings (SSSR count). The summed E-state index contributed by atoms with van der Waals surface area (Å²) >= 11 is 0. The number of nitrogens with zero attached hydrogens (tertiary/aromatic N) is 1. The molecule has 0 aliphatic heterocycles. The van der Waals surface area contributed by atoms with Crippen LogP contribution < -0.4 is 5.32 Å². The van der Waals surface area contributed by atoms with Crippen LogP contribution in [-0.4, -0.2) is 5.71 Å². The van der Waals surface area contributed by atoms with E-state index in [1.807, 2.05) is 71.1 Å². The maximum absolute atomic E-state index is 14.6. The predicted octanol–water partition coefficient (Wildman–Crippen LogP) is 7.15. The van der Waals surface area contributed by atoms with Gasteiger partial charge in [-0.15, -0.1) is 0 Å². The van der Waals surface area contributed by atoms with Gasteiger partial charge in [0.25, 0.3) is 0 Å². The predicted molar refractivity (Wildman–Crippen MR) is 119 cm³/mol. The average molecular weight is 365 g/mol.